The molecule has 3 amide bonds. The molecule has 0 spiro atoms. The first kappa shape index (κ1) is 30.3. The monoisotopic (exact) mass is 487 g/mol. The summed E-state index contributed by atoms with van der Waals surface area (Å²) in [5, 5.41) is 6.18. The molecule has 0 aliphatic heterocycles. The summed E-state index contributed by atoms with van der Waals surface area (Å²) in [6, 6.07) is 8.13. The van der Waals surface area contributed by atoms with Crippen LogP contribution in [0.3, 0.4) is 0 Å². The minimum absolute atomic E-state index is 0.0304. The number of nitrogens with two attached hydrogens (primary N) is 1. The highest BCUT2D eigenvalue weighted by Gasteiger charge is 2.41. The molecule has 196 valence electrons. The molecule has 0 aliphatic rings. The largest absolute Gasteiger partial charge is 0.342 e. The van der Waals surface area contributed by atoms with Gasteiger partial charge in [0, 0.05) is 18.0 Å². The highest BCUT2D eigenvalue weighted by Crippen LogP contribution is 2.29. The Morgan fingerprint density at radius 2 is 1.54 bits per heavy atom. The van der Waals surface area contributed by atoms with Crippen LogP contribution in [-0.4, -0.2) is 54.8 Å². The van der Waals surface area contributed by atoms with Crippen molar-refractivity contribution in [2.75, 3.05) is 14.1 Å². The second kappa shape index (κ2) is 12.3. The zero-order chi connectivity index (χ0) is 27.1. The van der Waals surface area contributed by atoms with Crippen molar-refractivity contribution < 1.29 is 14.4 Å². The number of amides is 3. The molecule has 0 aromatic heterocycles. The summed E-state index contributed by atoms with van der Waals surface area (Å²) in [5.74, 6) is 4.41. The first-order valence-electron chi connectivity index (χ1n) is 12.1. The van der Waals surface area contributed by atoms with Gasteiger partial charge < -0.3 is 15.5 Å². The highest BCUT2D eigenvalue weighted by atomic mass is 16.2. The summed E-state index contributed by atoms with van der Waals surface area (Å²) in [7, 11) is 3.45. The van der Waals surface area contributed by atoms with E-state index in [1.54, 1.807) is 32.0 Å². The van der Waals surface area contributed by atoms with Gasteiger partial charge in [0.2, 0.25) is 11.8 Å². The third-order valence-corrected chi connectivity index (χ3v) is 6.58. The van der Waals surface area contributed by atoms with Crippen LogP contribution in [0.25, 0.3) is 0 Å². The van der Waals surface area contributed by atoms with Crippen LogP contribution in [0.5, 0.6) is 0 Å². The van der Waals surface area contributed by atoms with E-state index in [9.17, 15) is 14.4 Å². The lowest BCUT2D eigenvalue weighted by molar-refractivity contribution is -0.140. The SMILES string of the molecule is CN[C@H](C(=O)N[C@H](C(=O)N(C)[C@H](/C=C(\C)C(=O)NN)C(C)C)C(C)(C)C)C(C)(C)c1ccccc1. The van der Waals surface area contributed by atoms with Crippen LogP contribution in [0.2, 0.25) is 0 Å². The first-order valence-corrected chi connectivity index (χ1v) is 12.1. The minimum Gasteiger partial charge on any atom is -0.342 e. The van der Waals surface area contributed by atoms with Crippen molar-refractivity contribution in [1.29, 1.82) is 0 Å². The number of hydrogen-bond acceptors (Lipinski definition) is 5. The smallest absolute Gasteiger partial charge is 0.260 e. The van der Waals surface area contributed by atoms with Gasteiger partial charge in [0.15, 0.2) is 0 Å². The maximum absolute atomic E-state index is 13.8. The standard InChI is InChI=1S/C27H45N5O3/c1-17(2)20(16-18(3)23(33)31-28)32(10)25(35)22(26(4,5)6)30-24(34)21(29-9)27(7,8)19-14-12-11-13-15-19/h11-17,20-22,29H,28H2,1-10H3,(H,30,34)(H,31,33)/b18-16+/t20-,21-,22-/m1/s1. The molecule has 0 saturated heterocycles. The Hall–Kier alpha value is -2.71. The third-order valence-electron chi connectivity index (χ3n) is 6.58. The van der Waals surface area contributed by atoms with Gasteiger partial charge in [-0.25, -0.2) is 5.84 Å². The molecule has 0 aliphatic carbocycles. The zero-order valence-corrected chi connectivity index (χ0v) is 23.0. The molecule has 0 bridgehead atoms. The molecule has 0 heterocycles. The third kappa shape index (κ3) is 7.64. The van der Waals surface area contributed by atoms with Crippen LogP contribution in [-0.2, 0) is 19.8 Å². The Bertz CT molecular complexity index is 903. The maximum atomic E-state index is 13.8. The number of hydrogen-bond donors (Lipinski definition) is 4. The molecule has 0 saturated carbocycles. The van der Waals surface area contributed by atoms with Crippen molar-refractivity contribution in [2.45, 2.75) is 78.9 Å². The fourth-order valence-corrected chi connectivity index (χ4v) is 4.28. The Morgan fingerprint density at radius 3 is 1.97 bits per heavy atom. The lowest BCUT2D eigenvalue weighted by Crippen LogP contribution is -2.61. The number of hydrazine groups is 1. The summed E-state index contributed by atoms with van der Waals surface area (Å²) in [6.45, 7) is 15.4. The average molecular weight is 488 g/mol. The van der Waals surface area contributed by atoms with E-state index in [2.05, 4.69) is 16.1 Å². The molecule has 8 nitrogen and oxygen atoms in total. The molecule has 35 heavy (non-hydrogen) atoms. The molecular weight excluding hydrogens is 442 g/mol. The molecule has 1 aromatic carbocycles. The summed E-state index contributed by atoms with van der Waals surface area (Å²) in [6.07, 6.45) is 1.74. The van der Waals surface area contributed by atoms with E-state index in [0.29, 0.717) is 5.57 Å². The molecule has 5 N–H and O–H groups in total. The van der Waals surface area contributed by atoms with E-state index in [4.69, 9.17) is 5.84 Å². The van der Waals surface area contributed by atoms with Crippen LogP contribution in [0.4, 0.5) is 0 Å². The Labute approximate surface area is 211 Å². The van der Waals surface area contributed by atoms with E-state index in [1.165, 1.54) is 0 Å². The van der Waals surface area contributed by atoms with Crippen molar-refractivity contribution in [3.8, 4) is 0 Å². The van der Waals surface area contributed by atoms with Gasteiger partial charge >= 0.3 is 0 Å². The number of rotatable bonds is 10. The van der Waals surface area contributed by atoms with E-state index in [1.807, 2.05) is 78.8 Å². The van der Waals surface area contributed by atoms with Crippen molar-refractivity contribution in [2.24, 2.45) is 17.2 Å². The van der Waals surface area contributed by atoms with Gasteiger partial charge in [-0.05, 0) is 30.9 Å². The summed E-state index contributed by atoms with van der Waals surface area (Å²) >= 11 is 0. The van der Waals surface area contributed by atoms with E-state index >= 15 is 0 Å². The zero-order valence-electron chi connectivity index (χ0n) is 23.0. The molecule has 3 atom stereocenters. The second-order valence-electron chi connectivity index (χ2n) is 11.1. The van der Waals surface area contributed by atoms with Crippen molar-refractivity contribution >= 4 is 17.7 Å². The van der Waals surface area contributed by atoms with Crippen molar-refractivity contribution in [1.82, 2.24) is 21.0 Å². The lowest BCUT2D eigenvalue weighted by atomic mass is 9.76. The van der Waals surface area contributed by atoms with E-state index in [0.717, 1.165) is 5.56 Å². The minimum atomic E-state index is -0.777. The molecule has 1 aromatic rings. The van der Waals surface area contributed by atoms with Crippen LogP contribution in [0.1, 0.15) is 61.0 Å². The molecule has 0 fully saturated rings. The predicted molar refractivity (Wildman–Crippen MR) is 141 cm³/mol. The molecule has 0 unspecified atom stereocenters. The van der Waals surface area contributed by atoms with Crippen LogP contribution < -0.4 is 21.9 Å². The van der Waals surface area contributed by atoms with Gasteiger partial charge in [-0.3, -0.25) is 19.8 Å². The number of benzene rings is 1. The number of likely N-dealkylation sites (N-methyl/N-ethyl adjacent to an activating group) is 2. The Kier molecular flexibility index (Phi) is 10.7. The van der Waals surface area contributed by atoms with Crippen LogP contribution in [0.15, 0.2) is 42.0 Å². The quantitative estimate of drug-likeness (QED) is 0.175. The average Bonchev–Trinajstić information content (AvgIpc) is 2.79. The number of carbonyl (C=O) groups excluding carboxylic acids is 3. The van der Waals surface area contributed by atoms with Gasteiger partial charge in [0.1, 0.15) is 6.04 Å². The molecule has 8 heteroatoms. The number of nitrogens with one attached hydrogen (secondary N) is 3. The number of carbonyl (C=O) groups is 3. The number of nitrogens with zero attached hydrogens (tertiary/aromatic N) is 1. The highest BCUT2D eigenvalue weighted by molar-refractivity contribution is 5.93. The second-order valence-corrected chi connectivity index (χ2v) is 11.1. The maximum Gasteiger partial charge on any atom is 0.260 e. The van der Waals surface area contributed by atoms with Crippen LogP contribution >= 0.6 is 0 Å². The van der Waals surface area contributed by atoms with E-state index in [-0.39, 0.29) is 23.8 Å². The van der Waals surface area contributed by atoms with Gasteiger partial charge in [-0.15, -0.1) is 0 Å². The summed E-state index contributed by atoms with van der Waals surface area (Å²) in [4.78, 5) is 40.9. The van der Waals surface area contributed by atoms with Gasteiger partial charge in [-0.2, -0.15) is 0 Å². The van der Waals surface area contributed by atoms with Gasteiger partial charge in [-0.1, -0.05) is 84.9 Å². The van der Waals surface area contributed by atoms with Crippen LogP contribution in [0, 0.1) is 11.3 Å². The first-order chi connectivity index (χ1) is 16.1. The van der Waals surface area contributed by atoms with Gasteiger partial charge in [0.25, 0.3) is 5.91 Å². The predicted octanol–water partition coefficient (Wildman–Crippen LogP) is 2.50. The lowest BCUT2D eigenvalue weighted by Gasteiger charge is -2.40. The van der Waals surface area contributed by atoms with E-state index < -0.39 is 28.8 Å². The van der Waals surface area contributed by atoms with Crippen molar-refractivity contribution in [3.63, 3.8) is 0 Å². The fourth-order valence-electron chi connectivity index (χ4n) is 4.28. The Balaban J connectivity index is 3.29. The normalized spacial score (nSPS) is 15.3. The Morgan fingerprint density at radius 1 is 1.00 bits per heavy atom. The summed E-state index contributed by atoms with van der Waals surface area (Å²) < 4.78 is 0. The molecule has 0 radical (unpaired) electrons. The van der Waals surface area contributed by atoms with Gasteiger partial charge in [0.05, 0.1) is 12.1 Å². The summed E-state index contributed by atoms with van der Waals surface area (Å²) in [5.41, 5.74) is 2.49. The topological polar surface area (TPSA) is 117 Å². The molecule has 1 rings (SSSR count). The fraction of sp³-hybridized carbons (Fsp3) is 0.593. The molecular formula is C27H45N5O3. The van der Waals surface area contributed by atoms with Crippen molar-refractivity contribution in [3.05, 3.63) is 47.5 Å².